The summed E-state index contributed by atoms with van der Waals surface area (Å²) in [5.74, 6) is -0.838. The Morgan fingerprint density at radius 1 is 1.37 bits per heavy atom. The van der Waals surface area contributed by atoms with Crippen molar-refractivity contribution in [1.29, 1.82) is 0 Å². The van der Waals surface area contributed by atoms with Gasteiger partial charge in [-0.15, -0.1) is 0 Å². The van der Waals surface area contributed by atoms with Gasteiger partial charge in [0, 0.05) is 26.3 Å². The van der Waals surface area contributed by atoms with Gasteiger partial charge in [0.25, 0.3) is 5.91 Å². The van der Waals surface area contributed by atoms with Gasteiger partial charge in [0.1, 0.15) is 0 Å². The van der Waals surface area contributed by atoms with Crippen LogP contribution in [-0.2, 0) is 11.8 Å². The number of nitrogens with zero attached hydrogens (tertiary/aromatic N) is 3. The number of carbonyl (C=O) groups is 2. The highest BCUT2D eigenvalue weighted by Gasteiger charge is 2.38. The summed E-state index contributed by atoms with van der Waals surface area (Å²) in [6, 6.07) is 0. The van der Waals surface area contributed by atoms with E-state index in [0.717, 1.165) is 0 Å². The minimum absolute atomic E-state index is 0.0574. The van der Waals surface area contributed by atoms with Gasteiger partial charge in [-0.1, -0.05) is 0 Å². The number of rotatable bonds is 2. The summed E-state index contributed by atoms with van der Waals surface area (Å²) in [5.41, 5.74) is 0.598. The molecule has 104 valence electrons. The molecule has 1 aromatic heterocycles. The van der Waals surface area contributed by atoms with Crippen molar-refractivity contribution in [3.05, 3.63) is 17.5 Å². The lowest BCUT2D eigenvalue weighted by molar-refractivity contribution is -0.150. The normalized spacial score (nSPS) is 18.4. The molecule has 2 heterocycles. The van der Waals surface area contributed by atoms with Crippen molar-refractivity contribution in [2.24, 2.45) is 12.5 Å². The van der Waals surface area contributed by atoms with E-state index in [0.29, 0.717) is 37.2 Å². The Kier molecular flexibility index (Phi) is 3.34. The van der Waals surface area contributed by atoms with Crippen LogP contribution in [-0.4, -0.2) is 44.8 Å². The van der Waals surface area contributed by atoms with Crippen molar-refractivity contribution in [2.75, 3.05) is 13.1 Å². The van der Waals surface area contributed by atoms with Gasteiger partial charge in [-0.05, 0) is 26.7 Å². The Labute approximate surface area is 112 Å². The molecule has 0 radical (unpaired) electrons. The van der Waals surface area contributed by atoms with Gasteiger partial charge in [-0.25, -0.2) is 0 Å². The summed E-state index contributed by atoms with van der Waals surface area (Å²) < 4.78 is 1.62. The highest BCUT2D eigenvalue weighted by molar-refractivity contribution is 5.95. The Morgan fingerprint density at radius 3 is 2.37 bits per heavy atom. The van der Waals surface area contributed by atoms with E-state index in [4.69, 9.17) is 0 Å². The number of carboxylic acids is 1. The van der Waals surface area contributed by atoms with E-state index in [2.05, 4.69) is 5.10 Å². The molecule has 1 saturated heterocycles. The van der Waals surface area contributed by atoms with Crippen LogP contribution in [0.2, 0.25) is 0 Å². The van der Waals surface area contributed by atoms with Crippen LogP contribution in [0.5, 0.6) is 0 Å². The molecule has 6 heteroatoms. The summed E-state index contributed by atoms with van der Waals surface area (Å²) in [6.07, 6.45) is 2.70. The first-order valence-corrected chi connectivity index (χ1v) is 6.36. The Balaban J connectivity index is 2.08. The summed E-state index contributed by atoms with van der Waals surface area (Å²) in [7, 11) is 1.78. The molecule has 0 aliphatic carbocycles. The minimum atomic E-state index is -0.780. The fraction of sp³-hybridized carbons (Fsp3) is 0.615. The Bertz CT molecular complexity index is 513. The van der Waals surface area contributed by atoms with Gasteiger partial charge < -0.3 is 10.0 Å². The van der Waals surface area contributed by atoms with Gasteiger partial charge in [0.05, 0.1) is 16.7 Å². The number of amides is 1. The van der Waals surface area contributed by atoms with E-state index >= 15 is 0 Å². The van der Waals surface area contributed by atoms with Crippen LogP contribution in [0.4, 0.5) is 0 Å². The molecule has 0 saturated carbocycles. The first-order chi connectivity index (χ1) is 8.83. The molecule has 6 nitrogen and oxygen atoms in total. The van der Waals surface area contributed by atoms with Crippen molar-refractivity contribution in [3.63, 3.8) is 0 Å². The second-order valence-corrected chi connectivity index (χ2v) is 5.46. The van der Waals surface area contributed by atoms with Gasteiger partial charge in [-0.2, -0.15) is 5.10 Å². The fourth-order valence-corrected chi connectivity index (χ4v) is 2.40. The number of aromatic nitrogens is 2. The van der Waals surface area contributed by atoms with Crippen molar-refractivity contribution in [2.45, 2.75) is 26.7 Å². The highest BCUT2D eigenvalue weighted by atomic mass is 16.4. The zero-order valence-corrected chi connectivity index (χ0v) is 11.5. The molecule has 2 rings (SSSR count). The SMILES string of the molecule is Cc1nn(C)cc1C(=O)N1CCC(C)(C(=O)O)CC1. The molecule has 0 atom stereocenters. The van der Waals surface area contributed by atoms with E-state index in [9.17, 15) is 14.7 Å². The predicted octanol–water partition coefficient (Wildman–Crippen LogP) is 1.06. The largest absolute Gasteiger partial charge is 0.481 e. The zero-order valence-electron chi connectivity index (χ0n) is 11.5. The van der Waals surface area contributed by atoms with Crippen LogP contribution in [0.1, 0.15) is 35.8 Å². The standard InChI is InChI=1S/C13H19N3O3/c1-9-10(8-15(3)14-9)11(17)16-6-4-13(2,5-7-16)12(18)19/h8H,4-7H2,1-3H3,(H,18,19). The van der Waals surface area contributed by atoms with Crippen molar-refractivity contribution in [1.82, 2.24) is 14.7 Å². The monoisotopic (exact) mass is 265 g/mol. The van der Waals surface area contributed by atoms with Crippen molar-refractivity contribution < 1.29 is 14.7 Å². The average Bonchev–Trinajstić information content (AvgIpc) is 2.68. The maximum atomic E-state index is 12.3. The average molecular weight is 265 g/mol. The number of aryl methyl sites for hydroxylation is 2. The molecule has 1 aliphatic rings. The molecule has 0 aromatic carbocycles. The summed E-state index contributed by atoms with van der Waals surface area (Å²) >= 11 is 0. The fourth-order valence-electron chi connectivity index (χ4n) is 2.40. The molecule has 0 bridgehead atoms. The number of likely N-dealkylation sites (tertiary alicyclic amines) is 1. The molecule has 1 aliphatic heterocycles. The molecule has 1 fully saturated rings. The first-order valence-electron chi connectivity index (χ1n) is 6.36. The smallest absolute Gasteiger partial charge is 0.309 e. The quantitative estimate of drug-likeness (QED) is 0.867. The third kappa shape index (κ3) is 2.47. The first kappa shape index (κ1) is 13.6. The van der Waals surface area contributed by atoms with Gasteiger partial charge >= 0.3 is 5.97 Å². The predicted molar refractivity (Wildman–Crippen MR) is 68.8 cm³/mol. The van der Waals surface area contributed by atoms with Crippen molar-refractivity contribution >= 4 is 11.9 Å². The molecule has 0 spiro atoms. The molecule has 1 aromatic rings. The van der Waals surface area contributed by atoms with Crippen LogP contribution in [0.3, 0.4) is 0 Å². The Hall–Kier alpha value is -1.85. The molecule has 1 amide bonds. The van der Waals surface area contributed by atoms with Gasteiger partial charge in [-0.3, -0.25) is 14.3 Å². The maximum Gasteiger partial charge on any atom is 0.309 e. The molecular formula is C13H19N3O3. The third-order valence-electron chi connectivity index (χ3n) is 3.91. The maximum absolute atomic E-state index is 12.3. The molecule has 1 N–H and O–H groups in total. The molecule has 0 unspecified atom stereocenters. The third-order valence-corrected chi connectivity index (χ3v) is 3.91. The number of aliphatic carboxylic acids is 1. The van der Waals surface area contributed by atoms with Crippen molar-refractivity contribution in [3.8, 4) is 0 Å². The lowest BCUT2D eigenvalue weighted by Crippen LogP contribution is -2.45. The van der Waals surface area contributed by atoms with Crippen LogP contribution in [0, 0.1) is 12.3 Å². The zero-order chi connectivity index (χ0) is 14.2. The van der Waals surface area contributed by atoms with Crippen LogP contribution < -0.4 is 0 Å². The minimum Gasteiger partial charge on any atom is -0.481 e. The number of hydrogen-bond donors (Lipinski definition) is 1. The second kappa shape index (κ2) is 4.68. The molecular weight excluding hydrogens is 246 g/mol. The van der Waals surface area contributed by atoms with E-state index in [1.165, 1.54) is 0 Å². The Morgan fingerprint density at radius 2 is 1.95 bits per heavy atom. The van der Waals surface area contributed by atoms with E-state index in [1.807, 2.05) is 0 Å². The van der Waals surface area contributed by atoms with E-state index in [1.54, 1.807) is 36.7 Å². The number of carbonyl (C=O) groups excluding carboxylic acids is 1. The van der Waals surface area contributed by atoms with Crippen LogP contribution in [0.25, 0.3) is 0 Å². The number of piperidine rings is 1. The van der Waals surface area contributed by atoms with Crippen LogP contribution >= 0.6 is 0 Å². The number of hydrogen-bond acceptors (Lipinski definition) is 3. The van der Waals surface area contributed by atoms with E-state index in [-0.39, 0.29) is 5.91 Å². The lowest BCUT2D eigenvalue weighted by atomic mass is 9.80. The summed E-state index contributed by atoms with van der Waals surface area (Å²) in [4.78, 5) is 25.2. The summed E-state index contributed by atoms with van der Waals surface area (Å²) in [6.45, 7) is 4.51. The summed E-state index contributed by atoms with van der Waals surface area (Å²) in [5, 5.41) is 13.3. The molecule has 19 heavy (non-hydrogen) atoms. The topological polar surface area (TPSA) is 75.4 Å². The number of carboxylic acid groups (broad SMARTS) is 1. The van der Waals surface area contributed by atoms with Crippen LogP contribution in [0.15, 0.2) is 6.20 Å². The van der Waals surface area contributed by atoms with E-state index < -0.39 is 11.4 Å². The lowest BCUT2D eigenvalue weighted by Gasteiger charge is -2.36. The highest BCUT2D eigenvalue weighted by Crippen LogP contribution is 2.31. The second-order valence-electron chi connectivity index (χ2n) is 5.46. The van der Waals surface area contributed by atoms with Gasteiger partial charge in [0.15, 0.2) is 0 Å². The van der Waals surface area contributed by atoms with Gasteiger partial charge in [0.2, 0.25) is 0 Å².